The van der Waals surface area contributed by atoms with Crippen molar-refractivity contribution in [2.24, 2.45) is 5.73 Å². The van der Waals surface area contributed by atoms with Crippen LogP contribution in [-0.2, 0) is 6.54 Å². The molecule has 1 unspecified atom stereocenters. The van der Waals surface area contributed by atoms with E-state index in [-0.39, 0.29) is 30.0 Å². The number of nitrogens with zero attached hydrogens (tertiary/aromatic N) is 1. The maximum absolute atomic E-state index is 13.0. The van der Waals surface area contributed by atoms with E-state index >= 15 is 0 Å². The van der Waals surface area contributed by atoms with Crippen molar-refractivity contribution in [1.82, 2.24) is 10.3 Å². The number of carbonyl (C=O) groups is 1. The molecule has 1 aromatic heterocycles. The van der Waals surface area contributed by atoms with Crippen molar-refractivity contribution in [2.45, 2.75) is 25.9 Å². The summed E-state index contributed by atoms with van der Waals surface area (Å²) in [6, 6.07) is 5.71. The molecule has 0 aliphatic carbocycles. The summed E-state index contributed by atoms with van der Waals surface area (Å²) in [6.07, 6.45) is 1.94. The van der Waals surface area contributed by atoms with Crippen LogP contribution in [0.15, 0.2) is 34.9 Å². The second-order valence-corrected chi connectivity index (χ2v) is 4.40. The van der Waals surface area contributed by atoms with Gasteiger partial charge in [0.1, 0.15) is 12.1 Å². The average molecular weight is 277 g/mol. The molecular formula is C14H16FN3O2. The summed E-state index contributed by atoms with van der Waals surface area (Å²) in [5.41, 5.74) is 6.60. The van der Waals surface area contributed by atoms with E-state index < -0.39 is 0 Å². The fraction of sp³-hybridized carbons (Fsp3) is 0.286. The quantitative estimate of drug-likeness (QED) is 0.877. The van der Waals surface area contributed by atoms with Crippen LogP contribution in [0.4, 0.5) is 4.39 Å². The van der Waals surface area contributed by atoms with E-state index in [0.717, 1.165) is 0 Å². The largest absolute Gasteiger partial charge is 0.446 e. The SMILES string of the molecule is CCC(N)c1nc(C(=O)NCc2cccc(F)c2)co1. The minimum atomic E-state index is -0.382. The Morgan fingerprint density at radius 3 is 3.05 bits per heavy atom. The predicted molar refractivity (Wildman–Crippen MR) is 71.3 cm³/mol. The van der Waals surface area contributed by atoms with Gasteiger partial charge in [0.15, 0.2) is 5.69 Å². The fourth-order valence-corrected chi connectivity index (χ4v) is 1.66. The zero-order chi connectivity index (χ0) is 14.5. The third-order valence-corrected chi connectivity index (χ3v) is 2.85. The molecule has 2 rings (SSSR count). The number of rotatable bonds is 5. The molecule has 3 N–H and O–H groups in total. The lowest BCUT2D eigenvalue weighted by Crippen LogP contribution is -2.23. The van der Waals surface area contributed by atoms with Crippen LogP contribution in [0.3, 0.4) is 0 Å². The molecule has 5 nitrogen and oxygen atoms in total. The highest BCUT2D eigenvalue weighted by atomic mass is 19.1. The van der Waals surface area contributed by atoms with Gasteiger partial charge in [0.25, 0.3) is 5.91 Å². The molecule has 0 spiro atoms. The van der Waals surface area contributed by atoms with E-state index in [1.54, 1.807) is 12.1 Å². The highest BCUT2D eigenvalue weighted by molar-refractivity contribution is 5.91. The van der Waals surface area contributed by atoms with Crippen LogP contribution in [-0.4, -0.2) is 10.9 Å². The van der Waals surface area contributed by atoms with Crippen LogP contribution in [0.25, 0.3) is 0 Å². The Kier molecular flexibility index (Phi) is 4.47. The van der Waals surface area contributed by atoms with Crippen molar-refractivity contribution in [3.8, 4) is 0 Å². The Morgan fingerprint density at radius 1 is 1.55 bits per heavy atom. The van der Waals surface area contributed by atoms with Crippen molar-refractivity contribution >= 4 is 5.91 Å². The molecule has 1 amide bonds. The number of nitrogens with one attached hydrogen (secondary N) is 1. The van der Waals surface area contributed by atoms with Gasteiger partial charge in [0.2, 0.25) is 5.89 Å². The molecule has 6 heteroatoms. The number of hydrogen-bond acceptors (Lipinski definition) is 4. The van der Waals surface area contributed by atoms with Crippen molar-refractivity contribution in [3.05, 3.63) is 53.5 Å². The van der Waals surface area contributed by atoms with Gasteiger partial charge in [-0.1, -0.05) is 19.1 Å². The Hall–Kier alpha value is -2.21. The van der Waals surface area contributed by atoms with Gasteiger partial charge in [0, 0.05) is 6.54 Å². The maximum Gasteiger partial charge on any atom is 0.273 e. The second-order valence-electron chi connectivity index (χ2n) is 4.40. The smallest absolute Gasteiger partial charge is 0.273 e. The van der Waals surface area contributed by atoms with Gasteiger partial charge in [0.05, 0.1) is 6.04 Å². The summed E-state index contributed by atoms with van der Waals surface area (Å²) in [5, 5.41) is 2.64. The molecule has 0 fully saturated rings. The molecule has 0 aliphatic heterocycles. The molecule has 0 aliphatic rings. The highest BCUT2D eigenvalue weighted by Gasteiger charge is 2.15. The second kappa shape index (κ2) is 6.29. The summed E-state index contributed by atoms with van der Waals surface area (Å²) in [5.74, 6) is -0.384. The topological polar surface area (TPSA) is 81.1 Å². The van der Waals surface area contributed by atoms with Crippen LogP contribution in [0.2, 0.25) is 0 Å². The van der Waals surface area contributed by atoms with Crippen LogP contribution >= 0.6 is 0 Å². The van der Waals surface area contributed by atoms with E-state index in [2.05, 4.69) is 10.3 Å². The zero-order valence-corrected chi connectivity index (χ0v) is 11.1. The van der Waals surface area contributed by atoms with Crippen molar-refractivity contribution in [1.29, 1.82) is 0 Å². The lowest BCUT2D eigenvalue weighted by atomic mass is 10.2. The zero-order valence-electron chi connectivity index (χ0n) is 11.1. The van der Waals surface area contributed by atoms with E-state index in [1.165, 1.54) is 18.4 Å². The Labute approximate surface area is 116 Å². The molecule has 0 bridgehead atoms. The minimum absolute atomic E-state index is 0.167. The van der Waals surface area contributed by atoms with Gasteiger partial charge in [-0.25, -0.2) is 9.37 Å². The number of amides is 1. The average Bonchev–Trinajstić information content (AvgIpc) is 2.94. The normalized spacial score (nSPS) is 12.2. The van der Waals surface area contributed by atoms with Gasteiger partial charge < -0.3 is 15.5 Å². The number of aromatic nitrogens is 1. The number of benzene rings is 1. The van der Waals surface area contributed by atoms with Crippen molar-refractivity contribution in [3.63, 3.8) is 0 Å². The Bertz CT molecular complexity index is 598. The summed E-state index contributed by atoms with van der Waals surface area (Å²) < 4.78 is 18.1. The number of oxazole rings is 1. The maximum atomic E-state index is 13.0. The fourth-order valence-electron chi connectivity index (χ4n) is 1.66. The standard InChI is InChI=1S/C14H16FN3O2/c1-2-11(16)14-18-12(8-20-14)13(19)17-7-9-4-3-5-10(15)6-9/h3-6,8,11H,2,7,16H2,1H3,(H,17,19). The predicted octanol–water partition coefficient (Wildman–Crippen LogP) is 2.15. The number of hydrogen-bond donors (Lipinski definition) is 2. The molecule has 0 saturated carbocycles. The first-order chi connectivity index (χ1) is 9.60. The molecule has 1 aromatic carbocycles. The van der Waals surface area contributed by atoms with Crippen LogP contribution in [0.1, 0.15) is 41.3 Å². The summed E-state index contributed by atoms with van der Waals surface area (Å²) in [6.45, 7) is 2.12. The first-order valence-electron chi connectivity index (χ1n) is 6.33. The van der Waals surface area contributed by atoms with Gasteiger partial charge >= 0.3 is 0 Å². The van der Waals surface area contributed by atoms with E-state index in [4.69, 9.17) is 10.2 Å². The monoisotopic (exact) mass is 277 g/mol. The van der Waals surface area contributed by atoms with Gasteiger partial charge in [-0.3, -0.25) is 4.79 Å². The van der Waals surface area contributed by atoms with E-state index in [9.17, 15) is 9.18 Å². The summed E-state index contributed by atoms with van der Waals surface area (Å²) in [4.78, 5) is 15.9. The molecular weight excluding hydrogens is 261 g/mol. The van der Waals surface area contributed by atoms with Crippen molar-refractivity contribution in [2.75, 3.05) is 0 Å². The molecule has 20 heavy (non-hydrogen) atoms. The first kappa shape index (κ1) is 14.2. The molecule has 1 atom stereocenters. The minimum Gasteiger partial charge on any atom is -0.446 e. The van der Waals surface area contributed by atoms with Crippen molar-refractivity contribution < 1.29 is 13.6 Å². The molecule has 106 valence electrons. The van der Waals surface area contributed by atoms with Crippen LogP contribution in [0.5, 0.6) is 0 Å². The Balaban J connectivity index is 1.96. The number of halogens is 1. The molecule has 0 saturated heterocycles. The van der Waals surface area contributed by atoms with Crippen LogP contribution in [0, 0.1) is 5.82 Å². The lowest BCUT2D eigenvalue weighted by Gasteiger charge is -2.03. The molecule has 0 radical (unpaired) electrons. The van der Waals surface area contributed by atoms with Gasteiger partial charge in [-0.15, -0.1) is 0 Å². The van der Waals surface area contributed by atoms with E-state index in [0.29, 0.717) is 17.9 Å². The van der Waals surface area contributed by atoms with E-state index in [1.807, 2.05) is 6.92 Å². The third-order valence-electron chi connectivity index (χ3n) is 2.85. The Morgan fingerprint density at radius 2 is 2.35 bits per heavy atom. The lowest BCUT2D eigenvalue weighted by molar-refractivity contribution is 0.0946. The molecule has 2 aromatic rings. The summed E-state index contributed by atoms with van der Waals surface area (Å²) in [7, 11) is 0. The highest BCUT2D eigenvalue weighted by Crippen LogP contribution is 2.13. The van der Waals surface area contributed by atoms with Crippen LogP contribution < -0.4 is 11.1 Å². The first-order valence-corrected chi connectivity index (χ1v) is 6.33. The number of nitrogens with two attached hydrogens (primary N) is 1. The summed E-state index contributed by atoms with van der Waals surface area (Å²) >= 11 is 0. The van der Waals surface area contributed by atoms with Gasteiger partial charge in [-0.2, -0.15) is 0 Å². The third kappa shape index (κ3) is 3.42. The number of carbonyl (C=O) groups excluding carboxylic acids is 1. The molecule has 1 heterocycles. The van der Waals surface area contributed by atoms with Gasteiger partial charge in [-0.05, 0) is 24.1 Å².